The van der Waals surface area contributed by atoms with E-state index in [-0.39, 0.29) is 11.6 Å². The van der Waals surface area contributed by atoms with Crippen LogP contribution >= 0.6 is 0 Å². The summed E-state index contributed by atoms with van der Waals surface area (Å²) in [6.07, 6.45) is 4.39. The first kappa shape index (κ1) is 15.6. The number of rotatable bonds is 5. The van der Waals surface area contributed by atoms with Crippen molar-refractivity contribution in [2.75, 3.05) is 30.8 Å². The van der Waals surface area contributed by atoms with Gasteiger partial charge in [0.2, 0.25) is 15.8 Å². The van der Waals surface area contributed by atoms with Crippen LogP contribution in [0.1, 0.15) is 12.8 Å². The molecule has 9 heteroatoms. The topological polar surface area (TPSA) is 105 Å². The summed E-state index contributed by atoms with van der Waals surface area (Å²) in [5, 5.41) is 11.1. The van der Waals surface area contributed by atoms with Gasteiger partial charge in [0, 0.05) is 31.9 Å². The number of piperidine rings is 1. The second-order valence-electron chi connectivity index (χ2n) is 5.18. The van der Waals surface area contributed by atoms with Crippen molar-refractivity contribution >= 4 is 21.5 Å². The third-order valence-electron chi connectivity index (χ3n) is 3.42. The van der Waals surface area contributed by atoms with Crippen LogP contribution in [0.2, 0.25) is 0 Å². The van der Waals surface area contributed by atoms with Crippen molar-refractivity contribution in [3.63, 3.8) is 0 Å². The first-order chi connectivity index (χ1) is 9.87. The second-order valence-corrected chi connectivity index (χ2v) is 7.01. The molecule has 1 N–H and O–H groups in total. The van der Waals surface area contributed by atoms with Crippen molar-refractivity contribution in [2.45, 2.75) is 12.8 Å². The molecule has 0 spiro atoms. The van der Waals surface area contributed by atoms with E-state index in [4.69, 9.17) is 0 Å². The molecule has 0 aliphatic carbocycles. The molecule has 1 atom stereocenters. The van der Waals surface area contributed by atoms with Gasteiger partial charge in [0.05, 0.1) is 11.2 Å². The number of nitro groups is 1. The fourth-order valence-electron chi connectivity index (χ4n) is 2.47. The van der Waals surface area contributed by atoms with Crippen LogP contribution in [-0.2, 0) is 10.0 Å². The summed E-state index contributed by atoms with van der Waals surface area (Å²) in [5.41, 5.74) is -0.0192. The van der Waals surface area contributed by atoms with E-state index in [0.717, 1.165) is 19.1 Å². The molecule has 0 bridgehead atoms. The summed E-state index contributed by atoms with van der Waals surface area (Å²) in [5.74, 6) is 0.474. The molecule has 8 nitrogen and oxygen atoms in total. The number of aromatic nitrogens is 1. The summed E-state index contributed by atoms with van der Waals surface area (Å²) < 4.78 is 24.8. The molecule has 1 aliphatic rings. The number of nitrogens with one attached hydrogen (secondary N) is 1. The monoisotopic (exact) mass is 314 g/mol. The van der Waals surface area contributed by atoms with Crippen molar-refractivity contribution in [1.29, 1.82) is 0 Å². The molecule has 2 rings (SSSR count). The van der Waals surface area contributed by atoms with E-state index in [1.54, 1.807) is 0 Å². The number of hydrogen-bond acceptors (Lipinski definition) is 6. The van der Waals surface area contributed by atoms with E-state index in [2.05, 4.69) is 9.71 Å². The first-order valence-corrected chi connectivity index (χ1v) is 8.55. The minimum Gasteiger partial charge on any atom is -0.351 e. The van der Waals surface area contributed by atoms with Gasteiger partial charge in [-0.05, 0) is 24.8 Å². The lowest BCUT2D eigenvalue weighted by Crippen LogP contribution is -2.41. The minimum atomic E-state index is -3.22. The van der Waals surface area contributed by atoms with E-state index in [0.29, 0.717) is 25.5 Å². The molecule has 1 aromatic heterocycles. The molecule has 0 amide bonds. The van der Waals surface area contributed by atoms with Crippen LogP contribution in [0.5, 0.6) is 0 Å². The Morgan fingerprint density at radius 1 is 1.57 bits per heavy atom. The molecule has 1 unspecified atom stereocenters. The van der Waals surface area contributed by atoms with Crippen molar-refractivity contribution in [3.8, 4) is 0 Å². The number of sulfonamides is 1. The van der Waals surface area contributed by atoms with Crippen LogP contribution in [-0.4, -0.2) is 44.2 Å². The third kappa shape index (κ3) is 4.36. The van der Waals surface area contributed by atoms with Crippen LogP contribution < -0.4 is 9.62 Å². The van der Waals surface area contributed by atoms with Crippen LogP contribution in [0, 0.1) is 16.0 Å². The Balaban J connectivity index is 2.09. The maximum absolute atomic E-state index is 11.1. The Morgan fingerprint density at radius 2 is 2.33 bits per heavy atom. The number of pyridine rings is 1. The SMILES string of the molecule is CS(=O)(=O)NCC1CCCN(c2ncccc2[N+](=O)[O-])C1. The molecule has 1 saturated heterocycles. The molecule has 0 radical (unpaired) electrons. The van der Waals surface area contributed by atoms with Crippen LogP contribution in [0.25, 0.3) is 0 Å². The van der Waals surface area contributed by atoms with Crippen molar-refractivity contribution in [2.24, 2.45) is 5.92 Å². The van der Waals surface area contributed by atoms with E-state index in [1.165, 1.54) is 18.3 Å². The number of nitrogens with zero attached hydrogens (tertiary/aromatic N) is 3. The van der Waals surface area contributed by atoms with Gasteiger partial charge in [0.15, 0.2) is 0 Å². The zero-order valence-electron chi connectivity index (χ0n) is 11.7. The fourth-order valence-corrected chi connectivity index (χ4v) is 3.01. The molecule has 0 aromatic carbocycles. The Labute approximate surface area is 123 Å². The smallest absolute Gasteiger partial charge is 0.311 e. The molecule has 1 aliphatic heterocycles. The highest BCUT2D eigenvalue weighted by molar-refractivity contribution is 7.88. The highest BCUT2D eigenvalue weighted by Gasteiger charge is 2.26. The summed E-state index contributed by atoms with van der Waals surface area (Å²) in [4.78, 5) is 16.6. The molecule has 116 valence electrons. The Hall–Kier alpha value is -1.74. The van der Waals surface area contributed by atoms with Gasteiger partial charge in [-0.3, -0.25) is 10.1 Å². The van der Waals surface area contributed by atoms with Gasteiger partial charge in [0.25, 0.3) is 0 Å². The molecule has 0 saturated carbocycles. The predicted molar refractivity (Wildman–Crippen MR) is 78.7 cm³/mol. The highest BCUT2D eigenvalue weighted by Crippen LogP contribution is 2.28. The Kier molecular flexibility index (Phi) is 4.73. The van der Waals surface area contributed by atoms with Crippen molar-refractivity contribution < 1.29 is 13.3 Å². The van der Waals surface area contributed by atoms with Gasteiger partial charge in [-0.1, -0.05) is 0 Å². The average Bonchev–Trinajstić information content (AvgIpc) is 2.45. The van der Waals surface area contributed by atoms with Crippen LogP contribution in [0.4, 0.5) is 11.5 Å². The van der Waals surface area contributed by atoms with Gasteiger partial charge >= 0.3 is 5.69 Å². The van der Waals surface area contributed by atoms with Gasteiger partial charge in [-0.25, -0.2) is 18.1 Å². The molecule has 2 heterocycles. The van der Waals surface area contributed by atoms with E-state index in [9.17, 15) is 18.5 Å². The molecule has 1 aromatic rings. The maximum Gasteiger partial charge on any atom is 0.311 e. The van der Waals surface area contributed by atoms with Crippen LogP contribution in [0.3, 0.4) is 0 Å². The molecule has 21 heavy (non-hydrogen) atoms. The molecule has 1 fully saturated rings. The zero-order chi connectivity index (χ0) is 15.5. The second kappa shape index (κ2) is 6.35. The minimum absolute atomic E-state index is 0.0192. The van der Waals surface area contributed by atoms with Gasteiger partial charge in [-0.2, -0.15) is 0 Å². The van der Waals surface area contributed by atoms with Crippen LogP contribution in [0.15, 0.2) is 18.3 Å². The Bertz CT molecular complexity index is 619. The normalized spacial score (nSPS) is 19.5. The maximum atomic E-state index is 11.1. The lowest BCUT2D eigenvalue weighted by atomic mass is 9.98. The summed E-state index contributed by atoms with van der Waals surface area (Å²) >= 11 is 0. The summed E-state index contributed by atoms with van der Waals surface area (Å²) in [6.45, 7) is 1.59. The molecular formula is C12H18N4O4S. The lowest BCUT2D eigenvalue weighted by molar-refractivity contribution is -0.384. The fraction of sp³-hybridized carbons (Fsp3) is 0.583. The number of anilines is 1. The van der Waals surface area contributed by atoms with Gasteiger partial charge in [0.1, 0.15) is 0 Å². The first-order valence-electron chi connectivity index (χ1n) is 6.66. The van der Waals surface area contributed by atoms with Gasteiger partial charge < -0.3 is 4.90 Å². The largest absolute Gasteiger partial charge is 0.351 e. The Morgan fingerprint density at radius 3 is 3.00 bits per heavy atom. The van der Waals surface area contributed by atoms with E-state index in [1.807, 2.05) is 4.90 Å². The van der Waals surface area contributed by atoms with Crippen molar-refractivity contribution in [3.05, 3.63) is 28.4 Å². The average molecular weight is 314 g/mol. The number of hydrogen-bond donors (Lipinski definition) is 1. The molecular weight excluding hydrogens is 296 g/mol. The quantitative estimate of drug-likeness (QED) is 0.635. The zero-order valence-corrected chi connectivity index (χ0v) is 12.5. The predicted octanol–water partition coefficient (Wildman–Crippen LogP) is 0.755. The summed E-state index contributed by atoms with van der Waals surface area (Å²) in [6, 6.07) is 2.97. The third-order valence-corrected chi connectivity index (χ3v) is 4.11. The highest BCUT2D eigenvalue weighted by atomic mass is 32.2. The van der Waals surface area contributed by atoms with Crippen molar-refractivity contribution in [1.82, 2.24) is 9.71 Å². The lowest BCUT2D eigenvalue weighted by Gasteiger charge is -2.33. The van der Waals surface area contributed by atoms with Gasteiger partial charge in [-0.15, -0.1) is 0 Å². The van der Waals surface area contributed by atoms with E-state index < -0.39 is 14.9 Å². The standard InChI is InChI=1S/C12H18N4O4S/c1-21(19,20)14-8-10-4-3-7-15(9-10)12-11(16(17)18)5-2-6-13-12/h2,5-6,10,14H,3-4,7-9H2,1H3. The summed E-state index contributed by atoms with van der Waals surface area (Å²) in [7, 11) is -3.22. The van der Waals surface area contributed by atoms with E-state index >= 15 is 0 Å².